The highest BCUT2D eigenvalue weighted by Crippen LogP contribution is 2.22. The van der Waals surface area contributed by atoms with Gasteiger partial charge in [0.15, 0.2) is 0 Å². The molecule has 3 heteroatoms. The minimum absolute atomic E-state index is 0.189. The van der Waals surface area contributed by atoms with Gasteiger partial charge in [-0.25, -0.2) is 0 Å². The minimum atomic E-state index is 0.189. The lowest BCUT2D eigenvalue weighted by atomic mass is 9.94. The van der Waals surface area contributed by atoms with Crippen molar-refractivity contribution in [2.45, 2.75) is 58.4 Å². The summed E-state index contributed by atoms with van der Waals surface area (Å²) in [5, 5.41) is 2.96. The van der Waals surface area contributed by atoms with Crippen LogP contribution in [0.5, 0.6) is 0 Å². The quantitative estimate of drug-likeness (QED) is 0.753. The third kappa shape index (κ3) is 4.52. The average molecular weight is 226 g/mol. The molecule has 0 bridgehead atoms. The summed E-state index contributed by atoms with van der Waals surface area (Å²) in [6, 6.07) is 0.645. The minimum Gasteiger partial charge on any atom is -0.355 e. The predicted molar refractivity (Wildman–Crippen MR) is 67.4 cm³/mol. The van der Waals surface area contributed by atoms with Crippen molar-refractivity contribution in [3.05, 3.63) is 0 Å². The van der Waals surface area contributed by atoms with E-state index >= 15 is 0 Å². The lowest BCUT2D eigenvalue weighted by Gasteiger charge is -2.32. The maximum absolute atomic E-state index is 11.7. The van der Waals surface area contributed by atoms with Gasteiger partial charge in [0.05, 0.1) is 6.54 Å². The number of amides is 1. The molecule has 1 amide bonds. The molecule has 0 spiro atoms. The summed E-state index contributed by atoms with van der Waals surface area (Å²) in [5.41, 5.74) is 0. The zero-order valence-electron chi connectivity index (χ0n) is 10.8. The van der Waals surface area contributed by atoms with Gasteiger partial charge in [0.2, 0.25) is 5.91 Å². The zero-order chi connectivity index (χ0) is 11.8. The number of rotatable bonds is 6. The molecule has 1 fully saturated rings. The summed E-state index contributed by atoms with van der Waals surface area (Å²) in [6.07, 6.45) is 7.59. The highest BCUT2D eigenvalue weighted by Gasteiger charge is 2.21. The van der Waals surface area contributed by atoms with E-state index in [0.717, 1.165) is 19.5 Å². The summed E-state index contributed by atoms with van der Waals surface area (Å²) in [7, 11) is 0. The van der Waals surface area contributed by atoms with Gasteiger partial charge in [-0.05, 0) is 25.8 Å². The van der Waals surface area contributed by atoms with Crippen molar-refractivity contribution < 1.29 is 4.79 Å². The zero-order valence-corrected chi connectivity index (χ0v) is 10.8. The van der Waals surface area contributed by atoms with Crippen molar-refractivity contribution in [2.24, 2.45) is 0 Å². The molecule has 0 aromatic carbocycles. The van der Waals surface area contributed by atoms with Gasteiger partial charge < -0.3 is 5.32 Å². The van der Waals surface area contributed by atoms with E-state index < -0.39 is 0 Å². The maximum Gasteiger partial charge on any atom is 0.234 e. The van der Waals surface area contributed by atoms with E-state index in [2.05, 4.69) is 24.1 Å². The Bertz CT molecular complexity index is 200. The first-order valence-electron chi connectivity index (χ1n) is 6.78. The lowest BCUT2D eigenvalue weighted by Crippen LogP contribution is -2.43. The molecule has 1 saturated carbocycles. The van der Waals surface area contributed by atoms with Crippen LogP contribution in [0.2, 0.25) is 0 Å². The van der Waals surface area contributed by atoms with Crippen LogP contribution < -0.4 is 5.32 Å². The van der Waals surface area contributed by atoms with Gasteiger partial charge in [0.1, 0.15) is 0 Å². The number of carbonyl (C=O) groups is 1. The Hall–Kier alpha value is -0.570. The van der Waals surface area contributed by atoms with Crippen molar-refractivity contribution in [1.82, 2.24) is 10.2 Å². The molecule has 0 radical (unpaired) electrons. The Kier molecular flexibility index (Phi) is 6.46. The van der Waals surface area contributed by atoms with Gasteiger partial charge in [-0.15, -0.1) is 0 Å². The van der Waals surface area contributed by atoms with Crippen LogP contribution in [-0.2, 0) is 4.79 Å². The molecule has 94 valence electrons. The summed E-state index contributed by atoms with van der Waals surface area (Å²) in [6.45, 7) is 6.62. The fourth-order valence-corrected chi connectivity index (χ4v) is 2.45. The van der Waals surface area contributed by atoms with Crippen molar-refractivity contribution in [2.75, 3.05) is 19.6 Å². The van der Waals surface area contributed by atoms with Gasteiger partial charge in [0, 0.05) is 12.6 Å². The molecule has 16 heavy (non-hydrogen) atoms. The fraction of sp³-hybridized carbons (Fsp3) is 0.923. The first-order chi connectivity index (χ1) is 7.77. The third-order valence-electron chi connectivity index (χ3n) is 3.42. The topological polar surface area (TPSA) is 32.3 Å². The molecule has 1 aliphatic rings. The summed E-state index contributed by atoms with van der Waals surface area (Å²) >= 11 is 0. The summed E-state index contributed by atoms with van der Waals surface area (Å²) in [5.74, 6) is 0.189. The van der Waals surface area contributed by atoms with Crippen LogP contribution in [0.4, 0.5) is 0 Å². The van der Waals surface area contributed by atoms with Crippen LogP contribution in [0.1, 0.15) is 52.4 Å². The molecule has 0 aromatic rings. The molecule has 0 aliphatic heterocycles. The highest BCUT2D eigenvalue weighted by atomic mass is 16.2. The molecule has 0 heterocycles. The van der Waals surface area contributed by atoms with Crippen LogP contribution in [0.3, 0.4) is 0 Å². The van der Waals surface area contributed by atoms with Crippen LogP contribution in [0, 0.1) is 0 Å². The second kappa shape index (κ2) is 7.66. The molecule has 1 aliphatic carbocycles. The second-order valence-corrected chi connectivity index (χ2v) is 4.70. The summed E-state index contributed by atoms with van der Waals surface area (Å²) in [4.78, 5) is 14.0. The van der Waals surface area contributed by atoms with Gasteiger partial charge >= 0.3 is 0 Å². The van der Waals surface area contributed by atoms with Gasteiger partial charge in [0.25, 0.3) is 0 Å². The highest BCUT2D eigenvalue weighted by molar-refractivity contribution is 5.78. The van der Waals surface area contributed by atoms with E-state index in [4.69, 9.17) is 0 Å². The number of likely N-dealkylation sites (N-methyl/N-ethyl adjacent to an activating group) is 1. The third-order valence-corrected chi connectivity index (χ3v) is 3.42. The predicted octanol–water partition coefficient (Wildman–Crippen LogP) is 2.17. The summed E-state index contributed by atoms with van der Waals surface area (Å²) < 4.78 is 0. The van der Waals surface area contributed by atoms with E-state index in [1.54, 1.807) is 0 Å². The molecule has 1 rings (SSSR count). The standard InChI is InChI=1S/C13H26N2O/c1-3-10-14-13(16)11-15(4-2)12-8-6-5-7-9-12/h12H,3-11H2,1-2H3,(H,14,16). The fourth-order valence-electron chi connectivity index (χ4n) is 2.45. The van der Waals surface area contributed by atoms with Crippen molar-refractivity contribution in [3.63, 3.8) is 0 Å². The number of carbonyl (C=O) groups excluding carboxylic acids is 1. The monoisotopic (exact) mass is 226 g/mol. The van der Waals surface area contributed by atoms with Crippen LogP contribution in [0.25, 0.3) is 0 Å². The van der Waals surface area contributed by atoms with Crippen LogP contribution in [-0.4, -0.2) is 36.5 Å². The SMILES string of the molecule is CCCNC(=O)CN(CC)C1CCCCC1. The van der Waals surface area contributed by atoms with E-state index in [1.165, 1.54) is 32.1 Å². The smallest absolute Gasteiger partial charge is 0.234 e. The van der Waals surface area contributed by atoms with Crippen molar-refractivity contribution >= 4 is 5.91 Å². The Labute approximate surface area is 99.6 Å². The molecule has 3 nitrogen and oxygen atoms in total. The number of hydrogen-bond donors (Lipinski definition) is 1. The van der Waals surface area contributed by atoms with Gasteiger partial charge in [-0.3, -0.25) is 9.69 Å². The largest absolute Gasteiger partial charge is 0.355 e. The normalized spacial score (nSPS) is 17.7. The van der Waals surface area contributed by atoms with Crippen molar-refractivity contribution in [3.8, 4) is 0 Å². The van der Waals surface area contributed by atoms with E-state index in [1.807, 2.05) is 0 Å². The number of hydrogen-bond acceptors (Lipinski definition) is 2. The molecule has 0 atom stereocenters. The van der Waals surface area contributed by atoms with Gasteiger partial charge in [-0.2, -0.15) is 0 Å². The van der Waals surface area contributed by atoms with Crippen LogP contribution >= 0.6 is 0 Å². The molecule has 0 unspecified atom stereocenters. The molecular formula is C13H26N2O. The number of nitrogens with zero attached hydrogens (tertiary/aromatic N) is 1. The Balaban J connectivity index is 2.32. The molecule has 0 aromatic heterocycles. The first kappa shape index (κ1) is 13.5. The van der Waals surface area contributed by atoms with E-state index in [9.17, 15) is 4.79 Å². The Morgan fingerprint density at radius 3 is 2.50 bits per heavy atom. The number of nitrogens with one attached hydrogen (secondary N) is 1. The molecular weight excluding hydrogens is 200 g/mol. The molecule has 0 saturated heterocycles. The lowest BCUT2D eigenvalue weighted by molar-refractivity contribution is -0.122. The average Bonchev–Trinajstić information content (AvgIpc) is 2.34. The second-order valence-electron chi connectivity index (χ2n) is 4.70. The van der Waals surface area contributed by atoms with E-state index in [0.29, 0.717) is 12.6 Å². The first-order valence-corrected chi connectivity index (χ1v) is 6.78. The van der Waals surface area contributed by atoms with Crippen molar-refractivity contribution in [1.29, 1.82) is 0 Å². The Morgan fingerprint density at radius 1 is 1.25 bits per heavy atom. The van der Waals surface area contributed by atoms with Gasteiger partial charge in [-0.1, -0.05) is 33.1 Å². The Morgan fingerprint density at radius 2 is 1.94 bits per heavy atom. The van der Waals surface area contributed by atoms with Crippen LogP contribution in [0.15, 0.2) is 0 Å². The van der Waals surface area contributed by atoms with E-state index in [-0.39, 0.29) is 5.91 Å². The maximum atomic E-state index is 11.7. The molecule has 1 N–H and O–H groups in total.